The lowest BCUT2D eigenvalue weighted by Crippen LogP contribution is -2.29. The van der Waals surface area contributed by atoms with Crippen molar-refractivity contribution in [2.75, 3.05) is 6.61 Å². The van der Waals surface area contributed by atoms with E-state index in [4.69, 9.17) is 16.3 Å². The molecule has 0 fully saturated rings. The molecular formula is C16H16ClNO3. The molecule has 0 bridgehead atoms. The zero-order valence-electron chi connectivity index (χ0n) is 11.9. The van der Waals surface area contributed by atoms with Gasteiger partial charge in [-0.3, -0.25) is 4.79 Å². The average Bonchev–Trinajstić information content (AvgIpc) is 2.48. The topological polar surface area (TPSA) is 48.3 Å². The molecular weight excluding hydrogens is 290 g/mol. The van der Waals surface area contributed by atoms with Gasteiger partial charge in [-0.15, -0.1) is 0 Å². The summed E-state index contributed by atoms with van der Waals surface area (Å²) in [7, 11) is 0. The number of ether oxygens (including phenoxy) is 1. The summed E-state index contributed by atoms with van der Waals surface area (Å²) in [6.45, 7) is 3.83. The Kier molecular flexibility index (Phi) is 4.81. The highest BCUT2D eigenvalue weighted by Crippen LogP contribution is 2.18. The minimum Gasteiger partial charge on any atom is -0.462 e. The molecule has 0 saturated carbocycles. The Morgan fingerprint density at radius 1 is 1.29 bits per heavy atom. The fraction of sp³-hybridized carbons (Fsp3) is 0.250. The van der Waals surface area contributed by atoms with Gasteiger partial charge in [0.25, 0.3) is 5.56 Å². The molecule has 1 aromatic carbocycles. The molecule has 0 spiro atoms. The van der Waals surface area contributed by atoms with Crippen LogP contribution in [0.2, 0.25) is 5.02 Å². The molecule has 0 N–H and O–H groups in total. The number of hydrogen-bond donors (Lipinski definition) is 0. The van der Waals surface area contributed by atoms with E-state index in [-0.39, 0.29) is 23.8 Å². The van der Waals surface area contributed by atoms with E-state index in [9.17, 15) is 9.59 Å². The van der Waals surface area contributed by atoms with Crippen LogP contribution in [-0.4, -0.2) is 17.1 Å². The van der Waals surface area contributed by atoms with E-state index in [2.05, 4.69) is 0 Å². The number of hydrogen-bond acceptors (Lipinski definition) is 3. The molecule has 0 aliphatic rings. The third-order valence-electron chi connectivity index (χ3n) is 3.24. The van der Waals surface area contributed by atoms with Gasteiger partial charge < -0.3 is 9.30 Å². The van der Waals surface area contributed by atoms with E-state index in [1.807, 2.05) is 19.1 Å². The molecule has 1 aromatic heterocycles. The standard InChI is InChI=1S/C16H16ClNO3/c1-3-21-16(20)14-5-4-10-18(15(14)19)11(2)12-6-8-13(17)9-7-12/h4-11H,3H2,1-2H3. The molecule has 1 unspecified atom stereocenters. The Balaban J connectivity index is 2.40. The SMILES string of the molecule is CCOC(=O)c1cccn(C(C)c2ccc(Cl)cc2)c1=O. The number of esters is 1. The van der Waals surface area contributed by atoms with Crippen molar-refractivity contribution < 1.29 is 9.53 Å². The van der Waals surface area contributed by atoms with Gasteiger partial charge in [-0.2, -0.15) is 0 Å². The second-order valence-electron chi connectivity index (χ2n) is 4.58. The van der Waals surface area contributed by atoms with Crippen molar-refractivity contribution in [1.82, 2.24) is 4.57 Å². The number of nitrogens with zero attached hydrogens (tertiary/aromatic N) is 1. The summed E-state index contributed by atoms with van der Waals surface area (Å²) < 4.78 is 6.40. The number of halogens is 1. The van der Waals surface area contributed by atoms with Crippen LogP contribution >= 0.6 is 11.6 Å². The van der Waals surface area contributed by atoms with Gasteiger partial charge >= 0.3 is 5.97 Å². The molecule has 0 aliphatic carbocycles. The van der Waals surface area contributed by atoms with Crippen molar-refractivity contribution in [3.05, 3.63) is 69.1 Å². The first-order valence-electron chi connectivity index (χ1n) is 6.68. The first kappa shape index (κ1) is 15.3. The molecule has 21 heavy (non-hydrogen) atoms. The maximum Gasteiger partial charge on any atom is 0.343 e. The van der Waals surface area contributed by atoms with E-state index in [1.54, 1.807) is 31.3 Å². The molecule has 1 atom stereocenters. The highest BCUT2D eigenvalue weighted by Gasteiger charge is 2.16. The molecule has 2 rings (SSSR count). The largest absolute Gasteiger partial charge is 0.462 e. The summed E-state index contributed by atoms with van der Waals surface area (Å²) in [5, 5.41) is 0.638. The van der Waals surface area contributed by atoms with Crippen LogP contribution in [0.5, 0.6) is 0 Å². The lowest BCUT2D eigenvalue weighted by Gasteiger charge is -2.16. The average molecular weight is 306 g/mol. The van der Waals surface area contributed by atoms with Crippen LogP contribution < -0.4 is 5.56 Å². The summed E-state index contributed by atoms with van der Waals surface area (Å²) in [6.07, 6.45) is 1.66. The Morgan fingerprint density at radius 2 is 1.95 bits per heavy atom. The van der Waals surface area contributed by atoms with Crippen LogP contribution in [0.4, 0.5) is 0 Å². The normalized spacial score (nSPS) is 12.0. The van der Waals surface area contributed by atoms with E-state index in [0.717, 1.165) is 5.56 Å². The van der Waals surface area contributed by atoms with Crippen molar-refractivity contribution in [1.29, 1.82) is 0 Å². The molecule has 5 heteroatoms. The van der Waals surface area contributed by atoms with Crippen LogP contribution in [0.15, 0.2) is 47.4 Å². The number of rotatable bonds is 4. The van der Waals surface area contributed by atoms with E-state index in [0.29, 0.717) is 5.02 Å². The van der Waals surface area contributed by atoms with Gasteiger partial charge in [0.1, 0.15) is 5.56 Å². The van der Waals surface area contributed by atoms with Gasteiger partial charge in [0.15, 0.2) is 0 Å². The minimum absolute atomic E-state index is 0.0418. The van der Waals surface area contributed by atoms with Gasteiger partial charge in [0, 0.05) is 11.2 Å². The number of carbonyl (C=O) groups excluding carboxylic acids is 1. The Hall–Kier alpha value is -2.07. The summed E-state index contributed by atoms with van der Waals surface area (Å²) in [5.41, 5.74) is 0.612. The maximum absolute atomic E-state index is 12.4. The number of benzene rings is 1. The first-order chi connectivity index (χ1) is 10.0. The van der Waals surface area contributed by atoms with Crippen molar-refractivity contribution >= 4 is 17.6 Å². The number of carbonyl (C=O) groups is 1. The van der Waals surface area contributed by atoms with Gasteiger partial charge in [0.2, 0.25) is 0 Å². The van der Waals surface area contributed by atoms with E-state index >= 15 is 0 Å². The summed E-state index contributed by atoms with van der Waals surface area (Å²) in [6, 6.07) is 10.2. The molecule has 0 aliphatic heterocycles. The number of aromatic nitrogens is 1. The van der Waals surface area contributed by atoms with Crippen molar-refractivity contribution in [2.45, 2.75) is 19.9 Å². The second kappa shape index (κ2) is 6.59. The maximum atomic E-state index is 12.4. The highest BCUT2D eigenvalue weighted by atomic mass is 35.5. The van der Waals surface area contributed by atoms with Crippen LogP contribution in [0.25, 0.3) is 0 Å². The Morgan fingerprint density at radius 3 is 2.57 bits per heavy atom. The van der Waals surface area contributed by atoms with E-state index in [1.165, 1.54) is 10.6 Å². The second-order valence-corrected chi connectivity index (χ2v) is 5.02. The monoisotopic (exact) mass is 305 g/mol. The smallest absolute Gasteiger partial charge is 0.343 e. The van der Waals surface area contributed by atoms with Crippen LogP contribution in [0, 0.1) is 0 Å². The molecule has 0 saturated heterocycles. The molecule has 110 valence electrons. The van der Waals surface area contributed by atoms with E-state index < -0.39 is 5.97 Å². The lowest BCUT2D eigenvalue weighted by molar-refractivity contribution is 0.0523. The summed E-state index contributed by atoms with van der Waals surface area (Å²) in [4.78, 5) is 24.2. The predicted octanol–water partition coefficient (Wildman–Crippen LogP) is 3.29. The Labute approximate surface area is 127 Å². The quantitative estimate of drug-likeness (QED) is 0.814. The van der Waals surface area contributed by atoms with Crippen LogP contribution in [0.1, 0.15) is 35.8 Å². The summed E-state index contributed by atoms with van der Waals surface area (Å²) in [5.74, 6) is -0.597. The lowest BCUT2D eigenvalue weighted by atomic mass is 10.1. The van der Waals surface area contributed by atoms with Crippen LogP contribution in [-0.2, 0) is 4.74 Å². The third kappa shape index (κ3) is 3.34. The molecule has 2 aromatic rings. The van der Waals surface area contributed by atoms with Crippen LogP contribution in [0.3, 0.4) is 0 Å². The fourth-order valence-electron chi connectivity index (χ4n) is 2.08. The zero-order valence-corrected chi connectivity index (χ0v) is 12.6. The molecule has 4 nitrogen and oxygen atoms in total. The van der Waals surface area contributed by atoms with Gasteiger partial charge in [0.05, 0.1) is 12.6 Å². The van der Waals surface area contributed by atoms with Gasteiger partial charge in [-0.05, 0) is 43.7 Å². The van der Waals surface area contributed by atoms with Gasteiger partial charge in [-0.25, -0.2) is 4.79 Å². The van der Waals surface area contributed by atoms with Crippen molar-refractivity contribution in [2.24, 2.45) is 0 Å². The highest BCUT2D eigenvalue weighted by molar-refractivity contribution is 6.30. The Bertz CT molecular complexity index is 691. The molecule has 1 heterocycles. The summed E-state index contributed by atoms with van der Waals surface area (Å²) >= 11 is 5.87. The number of pyridine rings is 1. The van der Waals surface area contributed by atoms with Gasteiger partial charge in [-0.1, -0.05) is 23.7 Å². The van der Waals surface area contributed by atoms with Crippen molar-refractivity contribution in [3.8, 4) is 0 Å². The molecule has 0 radical (unpaired) electrons. The molecule has 0 amide bonds. The fourth-order valence-corrected chi connectivity index (χ4v) is 2.21. The zero-order chi connectivity index (χ0) is 15.4. The first-order valence-corrected chi connectivity index (χ1v) is 7.06. The minimum atomic E-state index is -0.597. The van der Waals surface area contributed by atoms with Crippen molar-refractivity contribution in [3.63, 3.8) is 0 Å². The predicted molar refractivity (Wildman–Crippen MR) is 81.9 cm³/mol. The third-order valence-corrected chi connectivity index (χ3v) is 3.49.